The maximum atomic E-state index is 12.4. The molecule has 1 amide bonds. The van der Waals surface area contributed by atoms with E-state index in [1.165, 1.54) is 6.42 Å². The highest BCUT2D eigenvalue weighted by molar-refractivity contribution is 5.85. The number of likely N-dealkylation sites (tertiary alicyclic amines) is 1. The molecule has 0 radical (unpaired) electrons. The lowest BCUT2D eigenvalue weighted by molar-refractivity contribution is -0.146. The average molecular weight is 296 g/mol. The normalized spacial score (nSPS) is 33.8. The first kappa shape index (κ1) is 16.3. The van der Waals surface area contributed by atoms with E-state index in [0.29, 0.717) is 24.8 Å². The number of carbonyl (C=O) groups is 2. The molecule has 2 N–H and O–H groups in total. The summed E-state index contributed by atoms with van der Waals surface area (Å²) in [6, 6.07) is 0. The third-order valence-corrected chi connectivity index (χ3v) is 5.18. The van der Waals surface area contributed by atoms with Crippen molar-refractivity contribution >= 4 is 11.9 Å². The van der Waals surface area contributed by atoms with E-state index in [0.717, 1.165) is 32.4 Å². The van der Waals surface area contributed by atoms with E-state index < -0.39 is 11.9 Å². The van der Waals surface area contributed by atoms with Crippen LogP contribution in [0.2, 0.25) is 0 Å². The zero-order chi connectivity index (χ0) is 15.4. The summed E-state index contributed by atoms with van der Waals surface area (Å²) in [5, 5.41) is 12.3. The second-order valence-corrected chi connectivity index (χ2v) is 6.81. The molecule has 1 saturated carbocycles. The second-order valence-electron chi connectivity index (χ2n) is 6.81. The van der Waals surface area contributed by atoms with Crippen molar-refractivity contribution in [3.8, 4) is 0 Å². The number of rotatable bonds is 5. The Kier molecular flexibility index (Phi) is 5.62. The molecule has 2 rings (SSSR count). The highest BCUT2D eigenvalue weighted by atomic mass is 16.4. The van der Waals surface area contributed by atoms with Crippen LogP contribution in [0.3, 0.4) is 0 Å². The van der Waals surface area contributed by atoms with Crippen molar-refractivity contribution in [1.82, 2.24) is 10.2 Å². The number of nitrogens with one attached hydrogen (secondary N) is 1. The first-order valence-corrected chi connectivity index (χ1v) is 8.20. The molecule has 4 atom stereocenters. The molecule has 120 valence electrons. The Hall–Kier alpha value is -1.10. The molecular weight excluding hydrogens is 268 g/mol. The molecule has 1 aliphatic carbocycles. The molecule has 1 aliphatic heterocycles. The van der Waals surface area contributed by atoms with Gasteiger partial charge in [0.25, 0.3) is 0 Å². The maximum absolute atomic E-state index is 12.4. The van der Waals surface area contributed by atoms with Crippen molar-refractivity contribution < 1.29 is 14.7 Å². The minimum Gasteiger partial charge on any atom is -0.481 e. The van der Waals surface area contributed by atoms with Crippen LogP contribution in [0, 0.1) is 23.7 Å². The average Bonchev–Trinajstić information content (AvgIpc) is 2.89. The number of carboxylic acid groups (broad SMARTS) is 1. The first-order chi connectivity index (χ1) is 10.0. The fraction of sp³-hybridized carbons (Fsp3) is 0.875. The van der Waals surface area contributed by atoms with E-state index in [-0.39, 0.29) is 11.8 Å². The Bertz CT molecular complexity index is 386. The zero-order valence-electron chi connectivity index (χ0n) is 13.2. The Morgan fingerprint density at radius 1 is 1.24 bits per heavy atom. The number of piperidine rings is 1. The van der Waals surface area contributed by atoms with Crippen LogP contribution in [0.25, 0.3) is 0 Å². The summed E-state index contributed by atoms with van der Waals surface area (Å²) >= 11 is 0. The number of hydrogen-bond acceptors (Lipinski definition) is 3. The van der Waals surface area contributed by atoms with Crippen molar-refractivity contribution in [2.75, 3.05) is 26.7 Å². The van der Waals surface area contributed by atoms with Crippen molar-refractivity contribution in [3.63, 3.8) is 0 Å². The molecule has 0 bridgehead atoms. The van der Waals surface area contributed by atoms with Gasteiger partial charge in [-0.05, 0) is 51.1 Å². The lowest BCUT2D eigenvalue weighted by atomic mass is 9.94. The van der Waals surface area contributed by atoms with Gasteiger partial charge in [0.05, 0.1) is 11.8 Å². The largest absolute Gasteiger partial charge is 0.481 e. The van der Waals surface area contributed by atoms with Gasteiger partial charge in [-0.1, -0.05) is 13.3 Å². The van der Waals surface area contributed by atoms with E-state index in [1.54, 1.807) is 0 Å². The number of hydrogen-bond donors (Lipinski definition) is 2. The lowest BCUT2D eigenvalue weighted by Gasteiger charge is -2.30. The minimum atomic E-state index is -0.816. The van der Waals surface area contributed by atoms with E-state index >= 15 is 0 Å². The van der Waals surface area contributed by atoms with Crippen LogP contribution in [0.4, 0.5) is 0 Å². The monoisotopic (exact) mass is 296 g/mol. The summed E-state index contributed by atoms with van der Waals surface area (Å²) < 4.78 is 0. The molecule has 1 heterocycles. The minimum absolute atomic E-state index is 0.0495. The molecule has 1 saturated heterocycles. The van der Waals surface area contributed by atoms with Gasteiger partial charge in [-0.2, -0.15) is 0 Å². The Labute approximate surface area is 127 Å². The van der Waals surface area contributed by atoms with Crippen LogP contribution in [-0.4, -0.2) is 48.6 Å². The number of amides is 1. The van der Waals surface area contributed by atoms with Gasteiger partial charge in [-0.3, -0.25) is 9.59 Å². The summed E-state index contributed by atoms with van der Waals surface area (Å²) in [6.45, 7) is 4.90. The quantitative estimate of drug-likeness (QED) is 0.808. The molecule has 5 heteroatoms. The zero-order valence-corrected chi connectivity index (χ0v) is 13.2. The fourth-order valence-electron chi connectivity index (χ4n) is 3.85. The topological polar surface area (TPSA) is 69.6 Å². The van der Waals surface area contributed by atoms with Gasteiger partial charge in [-0.15, -0.1) is 0 Å². The van der Waals surface area contributed by atoms with Gasteiger partial charge in [0.15, 0.2) is 0 Å². The van der Waals surface area contributed by atoms with Crippen molar-refractivity contribution in [2.45, 2.75) is 39.0 Å². The molecule has 0 spiro atoms. The van der Waals surface area contributed by atoms with Crippen LogP contribution >= 0.6 is 0 Å². The van der Waals surface area contributed by atoms with Gasteiger partial charge < -0.3 is 15.3 Å². The fourth-order valence-corrected chi connectivity index (χ4v) is 3.85. The molecule has 0 aromatic carbocycles. The Balaban J connectivity index is 1.85. The summed E-state index contributed by atoms with van der Waals surface area (Å²) in [6.07, 6.45) is 4.66. The number of nitrogens with zero attached hydrogens (tertiary/aromatic N) is 1. The summed E-state index contributed by atoms with van der Waals surface area (Å²) in [4.78, 5) is 26.0. The van der Waals surface area contributed by atoms with Crippen LogP contribution < -0.4 is 5.32 Å². The molecule has 21 heavy (non-hydrogen) atoms. The van der Waals surface area contributed by atoms with Gasteiger partial charge in [-0.25, -0.2) is 0 Å². The summed E-state index contributed by atoms with van der Waals surface area (Å²) in [5.74, 6) is -0.824. The molecule has 4 unspecified atom stereocenters. The molecule has 0 aromatic rings. The second kappa shape index (κ2) is 7.25. The molecule has 2 aliphatic rings. The van der Waals surface area contributed by atoms with Gasteiger partial charge >= 0.3 is 5.97 Å². The van der Waals surface area contributed by atoms with Gasteiger partial charge in [0, 0.05) is 13.1 Å². The highest BCUT2D eigenvalue weighted by Gasteiger charge is 2.42. The summed E-state index contributed by atoms with van der Waals surface area (Å²) in [5.41, 5.74) is 0. The molecule has 2 fully saturated rings. The van der Waals surface area contributed by atoms with E-state index in [9.17, 15) is 14.7 Å². The van der Waals surface area contributed by atoms with E-state index in [2.05, 4.69) is 24.2 Å². The first-order valence-electron chi connectivity index (χ1n) is 8.20. The Morgan fingerprint density at radius 3 is 2.57 bits per heavy atom. The number of carbonyl (C=O) groups excluding carboxylic acids is 1. The number of carboxylic acids is 1. The standard InChI is InChI=1S/C16H28N2O3/c1-3-11-7-13(14(8-11)16(20)21)15(19)17-9-12-5-4-6-18(2)10-12/h11-14H,3-10H2,1-2H3,(H,17,19)(H,20,21). The smallest absolute Gasteiger partial charge is 0.307 e. The van der Waals surface area contributed by atoms with Crippen molar-refractivity contribution in [1.29, 1.82) is 0 Å². The Morgan fingerprint density at radius 2 is 1.95 bits per heavy atom. The third-order valence-electron chi connectivity index (χ3n) is 5.18. The van der Waals surface area contributed by atoms with Gasteiger partial charge in [0.1, 0.15) is 0 Å². The van der Waals surface area contributed by atoms with Crippen LogP contribution in [-0.2, 0) is 9.59 Å². The molecule has 0 aromatic heterocycles. The van der Waals surface area contributed by atoms with Crippen molar-refractivity contribution in [3.05, 3.63) is 0 Å². The van der Waals surface area contributed by atoms with E-state index in [1.807, 2.05) is 0 Å². The van der Waals surface area contributed by atoms with E-state index in [4.69, 9.17) is 0 Å². The van der Waals surface area contributed by atoms with Gasteiger partial charge in [0.2, 0.25) is 5.91 Å². The highest BCUT2D eigenvalue weighted by Crippen LogP contribution is 2.38. The van der Waals surface area contributed by atoms with Crippen LogP contribution in [0.1, 0.15) is 39.0 Å². The predicted octanol–water partition coefficient (Wildman–Crippen LogP) is 1.58. The predicted molar refractivity (Wildman–Crippen MR) is 80.9 cm³/mol. The SMILES string of the molecule is CCC1CC(C(=O)O)C(C(=O)NCC2CCCN(C)C2)C1. The third kappa shape index (κ3) is 4.19. The summed E-state index contributed by atoms with van der Waals surface area (Å²) in [7, 11) is 2.11. The van der Waals surface area contributed by atoms with Crippen molar-refractivity contribution in [2.24, 2.45) is 23.7 Å². The molecule has 5 nitrogen and oxygen atoms in total. The molecular formula is C16H28N2O3. The van der Waals surface area contributed by atoms with Crippen LogP contribution in [0.15, 0.2) is 0 Å². The number of aliphatic carboxylic acids is 1. The van der Waals surface area contributed by atoms with Crippen LogP contribution in [0.5, 0.6) is 0 Å². The maximum Gasteiger partial charge on any atom is 0.307 e. The lowest BCUT2D eigenvalue weighted by Crippen LogP contribution is -2.42.